The van der Waals surface area contributed by atoms with E-state index in [1.165, 1.54) is 5.56 Å². The van der Waals surface area contributed by atoms with E-state index in [9.17, 15) is 0 Å². The molecule has 1 aliphatic heterocycles. The van der Waals surface area contributed by atoms with Crippen molar-refractivity contribution in [3.8, 4) is 11.3 Å². The lowest BCUT2D eigenvalue weighted by Crippen LogP contribution is -2.23. The Kier molecular flexibility index (Phi) is 4.17. The SMILES string of the molecule is Cc1cccc(-c2cnc3ccc(NCC4CCOCC4)nn23)c1. The number of hydrogen-bond donors (Lipinski definition) is 1. The Hall–Kier alpha value is -2.40. The fourth-order valence-corrected chi connectivity index (χ4v) is 3.17. The smallest absolute Gasteiger partial charge is 0.154 e. The summed E-state index contributed by atoms with van der Waals surface area (Å²) in [5.41, 5.74) is 4.25. The number of rotatable bonds is 4. The van der Waals surface area contributed by atoms with Gasteiger partial charge in [-0.05, 0) is 43.9 Å². The van der Waals surface area contributed by atoms with E-state index in [1.807, 2.05) is 22.8 Å². The molecule has 0 spiro atoms. The summed E-state index contributed by atoms with van der Waals surface area (Å²) in [4.78, 5) is 4.47. The molecular weight excluding hydrogens is 300 g/mol. The van der Waals surface area contributed by atoms with Gasteiger partial charge >= 0.3 is 0 Å². The van der Waals surface area contributed by atoms with Crippen LogP contribution in [-0.4, -0.2) is 34.4 Å². The summed E-state index contributed by atoms with van der Waals surface area (Å²) in [6, 6.07) is 12.4. The maximum Gasteiger partial charge on any atom is 0.154 e. The van der Waals surface area contributed by atoms with Crippen LogP contribution in [0, 0.1) is 12.8 Å². The molecule has 124 valence electrons. The zero-order chi connectivity index (χ0) is 16.4. The second kappa shape index (κ2) is 6.61. The van der Waals surface area contributed by atoms with Gasteiger partial charge in [-0.25, -0.2) is 9.50 Å². The van der Waals surface area contributed by atoms with Gasteiger partial charge in [-0.15, -0.1) is 5.10 Å². The van der Waals surface area contributed by atoms with Crippen molar-refractivity contribution in [2.75, 3.05) is 25.1 Å². The number of hydrogen-bond acceptors (Lipinski definition) is 4. The summed E-state index contributed by atoms with van der Waals surface area (Å²) in [7, 11) is 0. The van der Waals surface area contributed by atoms with Crippen LogP contribution in [0.15, 0.2) is 42.6 Å². The Morgan fingerprint density at radius 3 is 2.92 bits per heavy atom. The van der Waals surface area contributed by atoms with Crippen LogP contribution < -0.4 is 5.32 Å². The highest BCUT2D eigenvalue weighted by Crippen LogP contribution is 2.22. The van der Waals surface area contributed by atoms with Gasteiger partial charge in [0.1, 0.15) is 5.82 Å². The van der Waals surface area contributed by atoms with Gasteiger partial charge in [0.25, 0.3) is 0 Å². The second-order valence-corrected chi connectivity index (χ2v) is 6.44. The van der Waals surface area contributed by atoms with E-state index in [-0.39, 0.29) is 0 Å². The molecule has 3 aromatic rings. The minimum absolute atomic E-state index is 0.662. The topological polar surface area (TPSA) is 51.5 Å². The van der Waals surface area contributed by atoms with Crippen LogP contribution in [0.5, 0.6) is 0 Å². The average molecular weight is 322 g/mol. The van der Waals surface area contributed by atoms with Gasteiger partial charge in [-0.3, -0.25) is 0 Å². The molecule has 1 N–H and O–H groups in total. The van der Waals surface area contributed by atoms with Crippen LogP contribution in [0.1, 0.15) is 18.4 Å². The van der Waals surface area contributed by atoms with Gasteiger partial charge in [0.15, 0.2) is 5.65 Å². The third-order valence-corrected chi connectivity index (χ3v) is 4.59. The van der Waals surface area contributed by atoms with Gasteiger partial charge in [0.05, 0.1) is 11.9 Å². The first-order valence-corrected chi connectivity index (χ1v) is 8.53. The van der Waals surface area contributed by atoms with Crippen molar-refractivity contribution in [2.24, 2.45) is 5.92 Å². The Balaban J connectivity index is 1.58. The Morgan fingerprint density at radius 1 is 1.21 bits per heavy atom. The van der Waals surface area contributed by atoms with Crippen molar-refractivity contribution in [3.05, 3.63) is 48.2 Å². The van der Waals surface area contributed by atoms with Crippen LogP contribution in [0.4, 0.5) is 5.82 Å². The maximum atomic E-state index is 5.42. The molecule has 2 aromatic heterocycles. The normalized spacial score (nSPS) is 15.7. The van der Waals surface area contributed by atoms with Crippen LogP contribution >= 0.6 is 0 Å². The zero-order valence-electron chi connectivity index (χ0n) is 13.9. The first-order chi connectivity index (χ1) is 11.8. The van der Waals surface area contributed by atoms with Crippen molar-refractivity contribution in [1.82, 2.24) is 14.6 Å². The molecule has 0 unspecified atom stereocenters. The summed E-state index contributed by atoms with van der Waals surface area (Å²) in [5.74, 6) is 1.55. The predicted molar refractivity (Wildman–Crippen MR) is 95.2 cm³/mol. The third kappa shape index (κ3) is 3.12. The molecule has 0 bridgehead atoms. The van der Waals surface area contributed by atoms with Crippen LogP contribution in [0.3, 0.4) is 0 Å². The molecule has 4 rings (SSSR count). The molecule has 1 aromatic carbocycles. The highest BCUT2D eigenvalue weighted by molar-refractivity contribution is 5.64. The number of fused-ring (bicyclic) bond motifs is 1. The van der Waals surface area contributed by atoms with Crippen LogP contribution in [-0.2, 0) is 4.74 Å². The minimum Gasteiger partial charge on any atom is -0.381 e. The van der Waals surface area contributed by atoms with E-state index in [0.29, 0.717) is 5.92 Å². The van der Waals surface area contributed by atoms with Gasteiger partial charge in [-0.2, -0.15) is 0 Å². The average Bonchev–Trinajstić information content (AvgIpc) is 3.04. The fourth-order valence-electron chi connectivity index (χ4n) is 3.17. The summed E-state index contributed by atoms with van der Waals surface area (Å²) < 4.78 is 7.34. The van der Waals surface area contributed by atoms with Crippen molar-refractivity contribution in [1.29, 1.82) is 0 Å². The standard InChI is InChI=1S/C19H22N4O/c1-14-3-2-4-16(11-14)17-13-21-19-6-5-18(22-23(17)19)20-12-15-7-9-24-10-8-15/h2-6,11,13,15H,7-10,12H2,1H3,(H,20,22). The van der Waals surface area contributed by atoms with Gasteiger partial charge in [-0.1, -0.05) is 23.8 Å². The van der Waals surface area contributed by atoms with Crippen molar-refractivity contribution < 1.29 is 4.74 Å². The van der Waals surface area contributed by atoms with Gasteiger partial charge < -0.3 is 10.1 Å². The number of nitrogens with one attached hydrogen (secondary N) is 1. The van der Waals surface area contributed by atoms with Gasteiger partial charge in [0, 0.05) is 25.3 Å². The number of anilines is 1. The van der Waals surface area contributed by atoms with Crippen LogP contribution in [0.2, 0.25) is 0 Å². The summed E-state index contributed by atoms with van der Waals surface area (Å²) >= 11 is 0. The molecule has 0 amide bonds. The van der Waals surface area contributed by atoms with E-state index in [2.05, 4.69) is 41.5 Å². The monoisotopic (exact) mass is 322 g/mol. The Morgan fingerprint density at radius 2 is 2.08 bits per heavy atom. The predicted octanol–water partition coefficient (Wildman–Crippen LogP) is 3.54. The molecule has 1 saturated heterocycles. The van der Waals surface area contributed by atoms with E-state index in [4.69, 9.17) is 9.84 Å². The van der Waals surface area contributed by atoms with Crippen molar-refractivity contribution >= 4 is 11.5 Å². The molecule has 3 heterocycles. The second-order valence-electron chi connectivity index (χ2n) is 6.44. The molecule has 0 radical (unpaired) electrons. The number of imidazole rings is 1. The van der Waals surface area contributed by atoms with E-state index in [0.717, 1.165) is 55.3 Å². The largest absolute Gasteiger partial charge is 0.381 e. The molecule has 1 aliphatic rings. The number of ether oxygens (including phenoxy) is 1. The first-order valence-electron chi connectivity index (χ1n) is 8.53. The van der Waals surface area contributed by atoms with Crippen LogP contribution in [0.25, 0.3) is 16.9 Å². The van der Waals surface area contributed by atoms with Crippen molar-refractivity contribution in [3.63, 3.8) is 0 Å². The molecule has 5 heteroatoms. The van der Waals surface area contributed by atoms with Crippen molar-refractivity contribution in [2.45, 2.75) is 19.8 Å². The lowest BCUT2D eigenvalue weighted by Gasteiger charge is -2.22. The molecule has 24 heavy (non-hydrogen) atoms. The molecule has 5 nitrogen and oxygen atoms in total. The quantitative estimate of drug-likeness (QED) is 0.798. The first kappa shape index (κ1) is 15.1. The van der Waals surface area contributed by atoms with E-state index < -0.39 is 0 Å². The number of nitrogens with zero attached hydrogens (tertiary/aromatic N) is 3. The maximum absolute atomic E-state index is 5.42. The van der Waals surface area contributed by atoms with E-state index in [1.54, 1.807) is 0 Å². The van der Waals surface area contributed by atoms with Gasteiger partial charge in [0.2, 0.25) is 0 Å². The minimum atomic E-state index is 0.662. The summed E-state index contributed by atoms with van der Waals surface area (Å²) in [6.45, 7) is 4.78. The molecule has 0 saturated carbocycles. The Labute approximate surface area is 141 Å². The lowest BCUT2D eigenvalue weighted by molar-refractivity contribution is 0.0699. The fraction of sp³-hybridized carbons (Fsp3) is 0.368. The summed E-state index contributed by atoms with van der Waals surface area (Å²) in [5, 5.41) is 8.21. The highest BCUT2D eigenvalue weighted by Gasteiger charge is 2.14. The number of benzene rings is 1. The third-order valence-electron chi connectivity index (χ3n) is 4.59. The molecule has 1 fully saturated rings. The Bertz CT molecular complexity index is 836. The molecular formula is C19H22N4O. The highest BCUT2D eigenvalue weighted by atomic mass is 16.5. The summed E-state index contributed by atoms with van der Waals surface area (Å²) in [6.07, 6.45) is 4.13. The number of aryl methyl sites for hydroxylation is 1. The van der Waals surface area contributed by atoms with E-state index >= 15 is 0 Å². The molecule has 0 aliphatic carbocycles. The molecule has 0 atom stereocenters. The number of aromatic nitrogens is 3. The zero-order valence-corrected chi connectivity index (χ0v) is 13.9. The lowest BCUT2D eigenvalue weighted by atomic mass is 10.0.